The number of benzene rings is 2. The number of aromatic nitrogens is 3. The third kappa shape index (κ3) is 5.64. The van der Waals surface area contributed by atoms with Gasteiger partial charge in [-0.05, 0) is 44.7 Å². The molecule has 2 aliphatic rings. The predicted molar refractivity (Wildman–Crippen MR) is 143 cm³/mol. The van der Waals surface area contributed by atoms with Crippen molar-refractivity contribution in [3.63, 3.8) is 0 Å². The van der Waals surface area contributed by atoms with Crippen molar-refractivity contribution in [1.29, 1.82) is 0 Å². The van der Waals surface area contributed by atoms with Gasteiger partial charge in [-0.15, -0.1) is 10.2 Å². The molecule has 6 heteroatoms. The molecule has 2 aromatic carbocycles. The molecule has 35 heavy (non-hydrogen) atoms. The molecule has 0 spiro atoms. The summed E-state index contributed by atoms with van der Waals surface area (Å²) >= 11 is 1.52. The maximum atomic E-state index is 13.7. The third-order valence-electron chi connectivity index (χ3n) is 7.51. The van der Waals surface area contributed by atoms with E-state index in [1.165, 1.54) is 55.9 Å². The van der Waals surface area contributed by atoms with E-state index in [4.69, 9.17) is 0 Å². The topological polar surface area (TPSA) is 51.0 Å². The van der Waals surface area contributed by atoms with Gasteiger partial charge in [-0.1, -0.05) is 98.3 Å². The van der Waals surface area contributed by atoms with E-state index in [9.17, 15) is 4.79 Å². The number of hydrogen-bond donors (Lipinski definition) is 0. The van der Waals surface area contributed by atoms with Crippen LogP contribution >= 0.6 is 11.8 Å². The zero-order valence-electron chi connectivity index (χ0n) is 20.7. The maximum absolute atomic E-state index is 13.7. The van der Waals surface area contributed by atoms with Crippen molar-refractivity contribution >= 4 is 17.7 Å². The Kier molecular flexibility index (Phi) is 7.87. The van der Waals surface area contributed by atoms with E-state index in [0.717, 1.165) is 47.9 Å². The second kappa shape index (κ2) is 11.4. The molecule has 184 valence electrons. The Labute approximate surface area is 213 Å². The second-order valence-electron chi connectivity index (χ2n) is 10.0. The average Bonchev–Trinajstić information content (AvgIpc) is 3.34. The first kappa shape index (κ1) is 24.1. The van der Waals surface area contributed by atoms with E-state index in [2.05, 4.69) is 63.0 Å². The zero-order chi connectivity index (χ0) is 24.0. The minimum Gasteiger partial charge on any atom is -0.336 e. The quantitative estimate of drug-likeness (QED) is 0.342. The molecule has 3 aromatic rings. The molecule has 0 atom stereocenters. The smallest absolute Gasteiger partial charge is 0.233 e. The van der Waals surface area contributed by atoms with Gasteiger partial charge >= 0.3 is 0 Å². The van der Waals surface area contributed by atoms with Gasteiger partial charge in [-0.2, -0.15) is 0 Å². The predicted octanol–water partition coefficient (Wildman–Crippen LogP) is 6.83. The fourth-order valence-corrected chi connectivity index (χ4v) is 6.51. The molecule has 1 amide bonds. The summed E-state index contributed by atoms with van der Waals surface area (Å²) in [5.74, 6) is 1.49. The molecule has 5 nitrogen and oxygen atoms in total. The zero-order valence-corrected chi connectivity index (χ0v) is 21.6. The Hall–Kier alpha value is -2.60. The summed E-state index contributed by atoms with van der Waals surface area (Å²) in [6.45, 7) is 2.09. The number of carbonyl (C=O) groups excluding carboxylic acids is 1. The third-order valence-corrected chi connectivity index (χ3v) is 8.42. The Morgan fingerprint density at radius 3 is 2.06 bits per heavy atom. The highest BCUT2D eigenvalue weighted by atomic mass is 32.2. The van der Waals surface area contributed by atoms with Crippen LogP contribution in [0.5, 0.6) is 0 Å². The molecule has 2 aliphatic carbocycles. The van der Waals surface area contributed by atoms with Crippen LogP contribution in [-0.2, 0) is 4.79 Å². The van der Waals surface area contributed by atoms with Crippen LogP contribution in [0.3, 0.4) is 0 Å². The fourth-order valence-electron chi connectivity index (χ4n) is 5.69. The number of hydrogen-bond acceptors (Lipinski definition) is 4. The maximum Gasteiger partial charge on any atom is 0.233 e. The Morgan fingerprint density at radius 1 is 0.857 bits per heavy atom. The molecule has 0 aliphatic heterocycles. The minimum absolute atomic E-state index is 0.272. The lowest BCUT2D eigenvalue weighted by Crippen LogP contribution is -2.49. The van der Waals surface area contributed by atoms with Crippen LogP contribution in [0.4, 0.5) is 0 Å². The first-order chi connectivity index (χ1) is 17.2. The molecule has 0 radical (unpaired) electrons. The van der Waals surface area contributed by atoms with Crippen LogP contribution in [0.1, 0.15) is 69.8 Å². The summed E-state index contributed by atoms with van der Waals surface area (Å²) in [6.07, 6.45) is 12.2. The van der Waals surface area contributed by atoms with Gasteiger partial charge in [0.25, 0.3) is 0 Å². The monoisotopic (exact) mass is 488 g/mol. The van der Waals surface area contributed by atoms with Gasteiger partial charge in [-0.3, -0.25) is 9.36 Å². The van der Waals surface area contributed by atoms with Crippen molar-refractivity contribution in [3.8, 4) is 17.1 Å². The Balaban J connectivity index is 1.40. The molecular formula is C29H36N4OS. The molecule has 2 fully saturated rings. The molecule has 0 bridgehead atoms. The normalized spacial score (nSPS) is 17.4. The lowest BCUT2D eigenvalue weighted by Gasteiger charge is -2.41. The molecule has 1 heterocycles. The van der Waals surface area contributed by atoms with Crippen molar-refractivity contribution in [2.75, 3.05) is 5.75 Å². The van der Waals surface area contributed by atoms with Crippen LogP contribution in [0, 0.1) is 6.92 Å². The Bertz CT molecular complexity index is 1080. The van der Waals surface area contributed by atoms with Crippen LogP contribution in [-0.4, -0.2) is 43.4 Å². The summed E-state index contributed by atoms with van der Waals surface area (Å²) in [5.41, 5.74) is 3.25. The van der Waals surface area contributed by atoms with E-state index < -0.39 is 0 Å². The summed E-state index contributed by atoms with van der Waals surface area (Å²) in [6, 6.07) is 19.4. The fraction of sp³-hybridized carbons (Fsp3) is 0.483. The number of rotatable bonds is 7. The van der Waals surface area contributed by atoms with Gasteiger partial charge < -0.3 is 4.90 Å². The van der Waals surface area contributed by atoms with E-state index >= 15 is 0 Å². The van der Waals surface area contributed by atoms with Crippen molar-refractivity contribution in [1.82, 2.24) is 19.7 Å². The number of nitrogens with zero attached hydrogens (tertiary/aromatic N) is 4. The lowest BCUT2D eigenvalue weighted by molar-refractivity contribution is -0.135. The molecule has 0 N–H and O–H groups in total. The van der Waals surface area contributed by atoms with Gasteiger partial charge in [0, 0.05) is 23.3 Å². The highest BCUT2D eigenvalue weighted by molar-refractivity contribution is 7.99. The van der Waals surface area contributed by atoms with Gasteiger partial charge in [-0.25, -0.2) is 0 Å². The molecule has 0 saturated heterocycles. The summed E-state index contributed by atoms with van der Waals surface area (Å²) in [4.78, 5) is 16.0. The van der Waals surface area contributed by atoms with Gasteiger partial charge in [0.15, 0.2) is 11.0 Å². The Morgan fingerprint density at radius 2 is 1.46 bits per heavy atom. The lowest BCUT2D eigenvalue weighted by atomic mass is 9.88. The first-order valence-electron chi connectivity index (χ1n) is 13.2. The average molecular weight is 489 g/mol. The number of carbonyl (C=O) groups is 1. The van der Waals surface area contributed by atoms with Gasteiger partial charge in [0.1, 0.15) is 0 Å². The summed E-state index contributed by atoms with van der Waals surface area (Å²) in [5, 5.41) is 9.88. The first-order valence-corrected chi connectivity index (χ1v) is 14.2. The largest absolute Gasteiger partial charge is 0.336 e. The number of aryl methyl sites for hydroxylation is 1. The second-order valence-corrected chi connectivity index (χ2v) is 11.0. The minimum atomic E-state index is 0.272. The van der Waals surface area contributed by atoms with Gasteiger partial charge in [0.05, 0.1) is 5.75 Å². The molecule has 2 saturated carbocycles. The molecule has 0 unspecified atom stereocenters. The van der Waals surface area contributed by atoms with Crippen molar-refractivity contribution in [2.24, 2.45) is 0 Å². The van der Waals surface area contributed by atoms with E-state index in [1.807, 2.05) is 18.2 Å². The van der Waals surface area contributed by atoms with Crippen LogP contribution in [0.25, 0.3) is 17.1 Å². The van der Waals surface area contributed by atoms with Crippen molar-refractivity contribution in [2.45, 2.75) is 88.4 Å². The van der Waals surface area contributed by atoms with Crippen molar-refractivity contribution in [3.05, 3.63) is 60.2 Å². The molecular weight excluding hydrogens is 452 g/mol. The summed E-state index contributed by atoms with van der Waals surface area (Å²) < 4.78 is 2.10. The number of thioether (sulfide) groups is 1. The van der Waals surface area contributed by atoms with Crippen LogP contribution in [0.2, 0.25) is 0 Å². The molecule has 5 rings (SSSR count). The van der Waals surface area contributed by atoms with Crippen molar-refractivity contribution < 1.29 is 4.79 Å². The highest BCUT2D eigenvalue weighted by Gasteiger charge is 2.32. The number of amides is 1. The van der Waals surface area contributed by atoms with Gasteiger partial charge in [0.2, 0.25) is 5.91 Å². The SMILES string of the molecule is Cc1ccc(-n2c(SCC(=O)N(C3CCCCC3)C3CCCCC3)nnc2-c2ccccc2)cc1. The highest BCUT2D eigenvalue weighted by Crippen LogP contribution is 2.33. The van der Waals surface area contributed by atoms with E-state index in [1.54, 1.807) is 0 Å². The standard InChI is InChI=1S/C29H36N4OS/c1-22-17-19-26(20-18-22)33-28(23-11-5-2-6-12-23)30-31-29(33)35-21-27(34)32(24-13-7-3-8-14-24)25-15-9-4-10-16-25/h2,5-6,11-12,17-20,24-25H,3-4,7-10,13-16,21H2,1H3. The molecule has 1 aromatic heterocycles. The van der Waals surface area contributed by atoms with Crippen LogP contribution < -0.4 is 0 Å². The summed E-state index contributed by atoms with van der Waals surface area (Å²) in [7, 11) is 0. The van der Waals surface area contributed by atoms with E-state index in [-0.39, 0.29) is 5.91 Å². The van der Waals surface area contributed by atoms with Crippen LogP contribution in [0.15, 0.2) is 59.8 Å². The van der Waals surface area contributed by atoms with E-state index in [0.29, 0.717) is 17.8 Å².